The Labute approximate surface area is 78.2 Å². The smallest absolute Gasteiger partial charge is 0.0931 e. The van der Waals surface area contributed by atoms with E-state index >= 15 is 0 Å². The number of hydrogen-bond donors (Lipinski definition) is 1. The average molecular weight is 258 g/mol. The van der Waals surface area contributed by atoms with Crippen molar-refractivity contribution in [3.63, 3.8) is 0 Å². The standard InChI is InChI=1S/C8H7IN2/c1-5-2-6(9)3-7-8(5)11-4-10-7/h2-4H,1H3,(H,10,11). The Morgan fingerprint density at radius 3 is 3.09 bits per heavy atom. The largest absolute Gasteiger partial charge is 0.345 e. The molecule has 0 fully saturated rings. The van der Waals surface area contributed by atoms with E-state index in [1.165, 1.54) is 9.13 Å². The van der Waals surface area contributed by atoms with Crippen LogP contribution in [0.1, 0.15) is 5.56 Å². The summed E-state index contributed by atoms with van der Waals surface area (Å²) >= 11 is 2.30. The van der Waals surface area contributed by atoms with Gasteiger partial charge >= 0.3 is 0 Å². The molecule has 0 spiro atoms. The van der Waals surface area contributed by atoms with Crippen molar-refractivity contribution < 1.29 is 0 Å². The molecule has 1 aromatic heterocycles. The lowest BCUT2D eigenvalue weighted by molar-refractivity contribution is 1.34. The van der Waals surface area contributed by atoms with E-state index in [1.54, 1.807) is 6.33 Å². The highest BCUT2D eigenvalue weighted by atomic mass is 127. The van der Waals surface area contributed by atoms with Crippen LogP contribution < -0.4 is 0 Å². The summed E-state index contributed by atoms with van der Waals surface area (Å²) < 4.78 is 1.25. The molecule has 56 valence electrons. The fourth-order valence-corrected chi connectivity index (χ4v) is 1.96. The van der Waals surface area contributed by atoms with E-state index in [0.29, 0.717) is 0 Å². The molecule has 0 aliphatic rings. The van der Waals surface area contributed by atoms with Crippen LogP contribution in [0.2, 0.25) is 0 Å². The highest BCUT2D eigenvalue weighted by molar-refractivity contribution is 14.1. The number of rotatable bonds is 0. The van der Waals surface area contributed by atoms with Crippen LogP contribution in [0.15, 0.2) is 18.5 Å². The first kappa shape index (κ1) is 7.09. The van der Waals surface area contributed by atoms with E-state index in [-0.39, 0.29) is 0 Å². The van der Waals surface area contributed by atoms with Crippen LogP contribution in [0, 0.1) is 10.5 Å². The van der Waals surface area contributed by atoms with Gasteiger partial charge in [0.15, 0.2) is 0 Å². The summed E-state index contributed by atoms with van der Waals surface area (Å²) in [7, 11) is 0. The molecule has 2 rings (SSSR count). The van der Waals surface area contributed by atoms with Crippen molar-refractivity contribution in [1.29, 1.82) is 0 Å². The van der Waals surface area contributed by atoms with E-state index in [1.807, 2.05) is 0 Å². The zero-order chi connectivity index (χ0) is 7.84. The molecule has 0 bridgehead atoms. The number of aromatic nitrogens is 2. The first-order valence-corrected chi connectivity index (χ1v) is 4.44. The van der Waals surface area contributed by atoms with Crippen molar-refractivity contribution in [1.82, 2.24) is 9.97 Å². The molecule has 0 aliphatic carbocycles. The van der Waals surface area contributed by atoms with Gasteiger partial charge in [-0.15, -0.1) is 0 Å². The third kappa shape index (κ3) is 1.13. The van der Waals surface area contributed by atoms with Gasteiger partial charge in [0.25, 0.3) is 0 Å². The van der Waals surface area contributed by atoms with Crippen molar-refractivity contribution in [2.75, 3.05) is 0 Å². The van der Waals surface area contributed by atoms with Gasteiger partial charge in [-0.3, -0.25) is 0 Å². The van der Waals surface area contributed by atoms with E-state index in [0.717, 1.165) is 11.0 Å². The van der Waals surface area contributed by atoms with E-state index < -0.39 is 0 Å². The van der Waals surface area contributed by atoms with Crippen molar-refractivity contribution in [3.05, 3.63) is 27.6 Å². The number of halogens is 1. The van der Waals surface area contributed by atoms with E-state index in [2.05, 4.69) is 51.6 Å². The molecule has 0 saturated heterocycles. The third-order valence-electron chi connectivity index (χ3n) is 1.68. The molecular weight excluding hydrogens is 251 g/mol. The minimum Gasteiger partial charge on any atom is -0.345 e. The number of hydrogen-bond acceptors (Lipinski definition) is 1. The number of nitrogens with zero attached hydrogens (tertiary/aromatic N) is 1. The maximum atomic E-state index is 4.20. The van der Waals surface area contributed by atoms with Crippen molar-refractivity contribution in [2.24, 2.45) is 0 Å². The molecule has 1 aromatic carbocycles. The predicted molar refractivity (Wildman–Crippen MR) is 53.5 cm³/mol. The van der Waals surface area contributed by atoms with Gasteiger partial charge in [0.1, 0.15) is 0 Å². The second-order valence-electron chi connectivity index (χ2n) is 2.52. The Balaban J connectivity index is 2.91. The lowest BCUT2D eigenvalue weighted by atomic mass is 10.2. The molecule has 2 nitrogen and oxygen atoms in total. The topological polar surface area (TPSA) is 28.7 Å². The summed E-state index contributed by atoms with van der Waals surface area (Å²) in [5, 5.41) is 0. The zero-order valence-electron chi connectivity index (χ0n) is 6.06. The molecule has 0 saturated carbocycles. The monoisotopic (exact) mass is 258 g/mol. The highest BCUT2D eigenvalue weighted by Gasteiger charge is 1.99. The molecular formula is C8H7IN2. The fraction of sp³-hybridized carbons (Fsp3) is 0.125. The molecule has 0 amide bonds. The van der Waals surface area contributed by atoms with Crippen molar-refractivity contribution >= 4 is 33.6 Å². The minimum absolute atomic E-state index is 1.07. The van der Waals surface area contributed by atoms with Crippen molar-refractivity contribution in [2.45, 2.75) is 6.92 Å². The van der Waals surface area contributed by atoms with Gasteiger partial charge in [-0.05, 0) is 47.2 Å². The van der Waals surface area contributed by atoms with Crippen LogP contribution >= 0.6 is 22.6 Å². The Hall–Kier alpha value is -0.580. The molecule has 2 aromatic rings. The Morgan fingerprint density at radius 1 is 1.45 bits per heavy atom. The lowest BCUT2D eigenvalue weighted by Gasteiger charge is -1.94. The van der Waals surface area contributed by atoms with Gasteiger partial charge in [-0.25, -0.2) is 4.98 Å². The van der Waals surface area contributed by atoms with Gasteiger partial charge in [-0.1, -0.05) is 0 Å². The van der Waals surface area contributed by atoms with Gasteiger partial charge in [0, 0.05) is 3.57 Å². The van der Waals surface area contributed by atoms with Crippen LogP contribution in [-0.2, 0) is 0 Å². The van der Waals surface area contributed by atoms with Gasteiger partial charge < -0.3 is 4.98 Å². The zero-order valence-corrected chi connectivity index (χ0v) is 8.21. The predicted octanol–water partition coefficient (Wildman–Crippen LogP) is 2.48. The van der Waals surface area contributed by atoms with Crippen LogP contribution in [0.3, 0.4) is 0 Å². The molecule has 0 aliphatic heterocycles. The Kier molecular flexibility index (Phi) is 1.60. The van der Waals surface area contributed by atoms with Crippen LogP contribution in [0.25, 0.3) is 11.0 Å². The molecule has 0 radical (unpaired) electrons. The van der Waals surface area contributed by atoms with Crippen LogP contribution in [0.5, 0.6) is 0 Å². The third-order valence-corrected chi connectivity index (χ3v) is 2.30. The number of benzene rings is 1. The number of imidazole rings is 1. The quantitative estimate of drug-likeness (QED) is 0.722. The minimum atomic E-state index is 1.07. The molecule has 11 heavy (non-hydrogen) atoms. The number of aromatic amines is 1. The fourth-order valence-electron chi connectivity index (χ4n) is 1.18. The molecule has 1 N–H and O–H groups in total. The van der Waals surface area contributed by atoms with Crippen molar-refractivity contribution in [3.8, 4) is 0 Å². The summed E-state index contributed by atoms with van der Waals surface area (Å²) in [5.41, 5.74) is 3.42. The molecule has 0 atom stereocenters. The average Bonchev–Trinajstić information content (AvgIpc) is 2.34. The Bertz CT molecular complexity index is 392. The second kappa shape index (κ2) is 2.48. The first-order chi connectivity index (χ1) is 5.27. The maximum Gasteiger partial charge on any atom is 0.0931 e. The van der Waals surface area contributed by atoms with Gasteiger partial charge in [0.2, 0.25) is 0 Å². The summed E-state index contributed by atoms with van der Waals surface area (Å²) in [6, 6.07) is 4.22. The van der Waals surface area contributed by atoms with Crippen LogP contribution in [0.4, 0.5) is 0 Å². The summed E-state index contributed by atoms with van der Waals surface area (Å²) in [6.45, 7) is 2.07. The molecule has 0 unspecified atom stereocenters. The normalized spacial score (nSPS) is 10.7. The maximum absolute atomic E-state index is 4.20. The summed E-state index contributed by atoms with van der Waals surface area (Å²) in [6.07, 6.45) is 1.73. The van der Waals surface area contributed by atoms with Gasteiger partial charge in [-0.2, -0.15) is 0 Å². The number of H-pyrrole nitrogens is 1. The molecule has 3 heteroatoms. The lowest BCUT2D eigenvalue weighted by Crippen LogP contribution is -1.78. The number of nitrogens with one attached hydrogen (secondary N) is 1. The number of fused-ring (bicyclic) bond motifs is 1. The molecule has 1 heterocycles. The van der Waals surface area contributed by atoms with E-state index in [4.69, 9.17) is 0 Å². The van der Waals surface area contributed by atoms with Gasteiger partial charge in [0.05, 0.1) is 17.4 Å². The van der Waals surface area contributed by atoms with E-state index in [9.17, 15) is 0 Å². The summed E-state index contributed by atoms with van der Waals surface area (Å²) in [5.74, 6) is 0. The number of aryl methyl sites for hydroxylation is 1. The SMILES string of the molecule is Cc1cc(I)cc2[nH]cnc12. The van der Waals surface area contributed by atoms with Crippen LogP contribution in [-0.4, -0.2) is 9.97 Å². The highest BCUT2D eigenvalue weighted by Crippen LogP contribution is 2.17. The summed E-state index contributed by atoms with van der Waals surface area (Å²) in [4.78, 5) is 7.29. The first-order valence-electron chi connectivity index (χ1n) is 3.36. The Morgan fingerprint density at radius 2 is 2.27 bits per heavy atom. The second-order valence-corrected chi connectivity index (χ2v) is 3.77.